The number of carbonyl (C=O) groups is 1. The largest absolute Gasteiger partial charge is 0.481 e. The van der Waals surface area contributed by atoms with Crippen LogP contribution in [0.1, 0.15) is 24.0 Å². The van der Waals surface area contributed by atoms with Crippen molar-refractivity contribution < 1.29 is 23.4 Å². The topological polar surface area (TPSA) is 91.7 Å². The minimum absolute atomic E-state index is 0.0757. The monoisotopic (exact) mass is 360 g/mol. The van der Waals surface area contributed by atoms with Gasteiger partial charge in [0.15, 0.2) is 9.84 Å². The number of hydrogen-bond acceptors (Lipinski definition) is 4. The van der Waals surface area contributed by atoms with E-state index < -0.39 is 39.0 Å². The van der Waals surface area contributed by atoms with Crippen molar-refractivity contribution >= 4 is 15.8 Å². The highest BCUT2D eigenvalue weighted by molar-refractivity contribution is 7.92. The minimum atomic E-state index is -3.88. The first kappa shape index (κ1) is 17.6. The normalized spacial score (nSPS) is 25.5. The number of benzene rings is 2. The summed E-state index contributed by atoms with van der Waals surface area (Å²) in [6.07, 6.45) is 0.834. The van der Waals surface area contributed by atoms with Crippen molar-refractivity contribution in [1.82, 2.24) is 0 Å². The molecule has 1 fully saturated rings. The Hall–Kier alpha value is -2.18. The van der Waals surface area contributed by atoms with Crippen LogP contribution in [0.4, 0.5) is 0 Å². The van der Waals surface area contributed by atoms with E-state index in [1.807, 2.05) is 19.1 Å². The molecule has 3 rings (SSSR count). The summed E-state index contributed by atoms with van der Waals surface area (Å²) in [5.41, 5.74) is -0.00229. The van der Waals surface area contributed by atoms with Crippen molar-refractivity contribution in [2.24, 2.45) is 5.41 Å². The molecule has 0 radical (unpaired) electrons. The summed E-state index contributed by atoms with van der Waals surface area (Å²) in [5.74, 6) is -2.06. The highest BCUT2D eigenvalue weighted by Gasteiger charge is 2.75. The predicted octanol–water partition coefficient (Wildman–Crippen LogP) is 2.25. The van der Waals surface area contributed by atoms with Crippen molar-refractivity contribution in [1.29, 1.82) is 0 Å². The third-order valence-electron chi connectivity index (χ3n) is 5.07. The number of aliphatic carboxylic acids is 1. The molecule has 6 heteroatoms. The van der Waals surface area contributed by atoms with Gasteiger partial charge in [0.2, 0.25) is 0 Å². The summed E-state index contributed by atoms with van der Waals surface area (Å²) in [6, 6.07) is 15.1. The van der Waals surface area contributed by atoms with E-state index in [-0.39, 0.29) is 4.90 Å². The first-order valence-electron chi connectivity index (χ1n) is 8.11. The molecule has 1 saturated carbocycles. The number of carboxylic acid groups (broad SMARTS) is 1. The number of aliphatic hydroxyl groups is 1. The van der Waals surface area contributed by atoms with Gasteiger partial charge in [-0.2, -0.15) is 0 Å². The molecule has 0 bridgehead atoms. The average Bonchev–Trinajstić information content (AvgIpc) is 3.34. The predicted molar refractivity (Wildman–Crippen MR) is 93.1 cm³/mol. The van der Waals surface area contributed by atoms with Gasteiger partial charge in [-0.15, -0.1) is 0 Å². The molecule has 2 aromatic rings. The van der Waals surface area contributed by atoms with Gasteiger partial charge in [0.25, 0.3) is 0 Å². The SMILES string of the molecule is CCc1ccc(C2C(S(=O)(=O)c3ccccc3)C2(CO)C(=O)O)cc1. The Bertz CT molecular complexity index is 874. The van der Waals surface area contributed by atoms with Gasteiger partial charge in [-0.05, 0) is 29.7 Å². The van der Waals surface area contributed by atoms with Gasteiger partial charge in [0, 0.05) is 5.92 Å². The zero-order valence-corrected chi connectivity index (χ0v) is 14.6. The summed E-state index contributed by atoms with van der Waals surface area (Å²) >= 11 is 0. The molecular weight excluding hydrogens is 340 g/mol. The molecule has 0 aliphatic heterocycles. The van der Waals surface area contributed by atoms with Gasteiger partial charge < -0.3 is 10.2 Å². The summed E-state index contributed by atoms with van der Waals surface area (Å²) in [6.45, 7) is 1.28. The van der Waals surface area contributed by atoms with E-state index in [0.717, 1.165) is 12.0 Å². The Labute approximate surface area is 146 Å². The number of aliphatic hydroxyl groups excluding tert-OH is 1. The van der Waals surface area contributed by atoms with Gasteiger partial charge in [-0.25, -0.2) is 8.42 Å². The molecule has 5 nitrogen and oxygen atoms in total. The maximum absolute atomic E-state index is 13.0. The lowest BCUT2D eigenvalue weighted by molar-refractivity contribution is -0.145. The van der Waals surface area contributed by atoms with E-state index in [2.05, 4.69) is 0 Å². The van der Waals surface area contributed by atoms with Gasteiger partial charge in [0.05, 0.1) is 16.8 Å². The molecule has 1 aliphatic carbocycles. The molecule has 0 saturated heterocycles. The van der Waals surface area contributed by atoms with Crippen LogP contribution in [0.15, 0.2) is 59.5 Å². The summed E-state index contributed by atoms with van der Waals surface area (Å²) in [4.78, 5) is 12.0. The molecule has 1 aliphatic rings. The zero-order valence-electron chi connectivity index (χ0n) is 13.8. The van der Waals surface area contributed by atoms with Crippen LogP contribution < -0.4 is 0 Å². The molecule has 0 amide bonds. The highest BCUT2D eigenvalue weighted by atomic mass is 32.2. The minimum Gasteiger partial charge on any atom is -0.481 e. The van der Waals surface area contributed by atoms with E-state index >= 15 is 0 Å². The molecular formula is C19H20O5S. The number of carboxylic acids is 1. The fourth-order valence-electron chi connectivity index (χ4n) is 3.56. The van der Waals surface area contributed by atoms with Crippen LogP contribution in [0.2, 0.25) is 0 Å². The molecule has 132 valence electrons. The standard InChI is InChI=1S/C19H20O5S/c1-2-13-8-10-14(11-9-13)16-17(19(16,12-20)18(21)22)25(23,24)15-6-4-3-5-7-15/h3-11,16-17,20H,2,12H2,1H3,(H,21,22). The van der Waals surface area contributed by atoms with E-state index in [9.17, 15) is 23.4 Å². The Morgan fingerprint density at radius 2 is 1.68 bits per heavy atom. The second-order valence-corrected chi connectivity index (χ2v) is 8.42. The fourth-order valence-corrected chi connectivity index (χ4v) is 5.95. The number of sulfone groups is 1. The van der Waals surface area contributed by atoms with Crippen molar-refractivity contribution in [3.05, 3.63) is 65.7 Å². The molecule has 3 atom stereocenters. The molecule has 0 heterocycles. The summed E-state index contributed by atoms with van der Waals surface area (Å²) in [7, 11) is -3.88. The first-order valence-corrected chi connectivity index (χ1v) is 9.66. The van der Waals surface area contributed by atoms with Crippen LogP contribution in [-0.2, 0) is 21.1 Å². The Kier molecular flexibility index (Phi) is 4.43. The van der Waals surface area contributed by atoms with Crippen molar-refractivity contribution in [3.8, 4) is 0 Å². The van der Waals surface area contributed by atoms with Crippen LogP contribution in [0.25, 0.3) is 0 Å². The smallest absolute Gasteiger partial charge is 0.314 e. The highest BCUT2D eigenvalue weighted by Crippen LogP contribution is 2.64. The van der Waals surface area contributed by atoms with E-state index in [1.54, 1.807) is 30.3 Å². The Balaban J connectivity index is 2.08. The maximum Gasteiger partial charge on any atom is 0.314 e. The van der Waals surface area contributed by atoms with Crippen molar-refractivity contribution in [3.63, 3.8) is 0 Å². The lowest BCUT2D eigenvalue weighted by atomic mass is 9.99. The van der Waals surface area contributed by atoms with Gasteiger partial charge in [-0.1, -0.05) is 49.4 Å². The fraction of sp³-hybridized carbons (Fsp3) is 0.316. The molecule has 3 unspecified atom stereocenters. The van der Waals surface area contributed by atoms with Crippen LogP contribution in [0.3, 0.4) is 0 Å². The van der Waals surface area contributed by atoms with Crippen LogP contribution in [0.5, 0.6) is 0 Å². The third kappa shape index (κ3) is 2.65. The second-order valence-electron chi connectivity index (χ2n) is 6.36. The van der Waals surface area contributed by atoms with Crippen molar-refractivity contribution in [2.45, 2.75) is 29.4 Å². The van der Waals surface area contributed by atoms with Crippen LogP contribution in [0, 0.1) is 5.41 Å². The Morgan fingerprint density at radius 3 is 2.16 bits per heavy atom. The van der Waals surface area contributed by atoms with Crippen LogP contribution >= 0.6 is 0 Å². The number of rotatable bonds is 6. The summed E-state index contributed by atoms with van der Waals surface area (Å²) in [5, 5.41) is 18.3. The van der Waals surface area contributed by atoms with Crippen molar-refractivity contribution in [2.75, 3.05) is 6.61 Å². The molecule has 0 spiro atoms. The van der Waals surface area contributed by atoms with Gasteiger partial charge in [-0.3, -0.25) is 4.79 Å². The van der Waals surface area contributed by atoms with Crippen LogP contribution in [-0.4, -0.2) is 36.5 Å². The third-order valence-corrected chi connectivity index (χ3v) is 7.36. The number of aryl methyl sites for hydroxylation is 1. The molecule has 2 aromatic carbocycles. The van der Waals surface area contributed by atoms with E-state index in [0.29, 0.717) is 5.56 Å². The lowest BCUT2D eigenvalue weighted by Gasteiger charge is -2.09. The quantitative estimate of drug-likeness (QED) is 0.824. The van der Waals surface area contributed by atoms with E-state index in [4.69, 9.17) is 0 Å². The number of hydrogen-bond donors (Lipinski definition) is 2. The average molecular weight is 360 g/mol. The second kappa shape index (κ2) is 6.28. The molecule has 0 aromatic heterocycles. The molecule has 25 heavy (non-hydrogen) atoms. The maximum atomic E-state index is 13.0. The van der Waals surface area contributed by atoms with Gasteiger partial charge >= 0.3 is 5.97 Å². The van der Waals surface area contributed by atoms with Gasteiger partial charge in [0.1, 0.15) is 5.41 Å². The summed E-state index contributed by atoms with van der Waals surface area (Å²) < 4.78 is 26.0. The molecule has 2 N–H and O–H groups in total. The first-order chi connectivity index (χ1) is 11.9. The zero-order chi connectivity index (χ0) is 18.2. The van der Waals surface area contributed by atoms with E-state index in [1.165, 1.54) is 12.1 Å². The lowest BCUT2D eigenvalue weighted by Crippen LogP contribution is -2.27. The Morgan fingerprint density at radius 1 is 1.08 bits per heavy atom.